The fourth-order valence-electron chi connectivity index (χ4n) is 2.87. The molecule has 8 nitrogen and oxygen atoms in total. The molecule has 0 aliphatic carbocycles. The predicted octanol–water partition coefficient (Wildman–Crippen LogP) is 4.36. The van der Waals surface area contributed by atoms with Gasteiger partial charge in [0, 0.05) is 15.7 Å². The summed E-state index contributed by atoms with van der Waals surface area (Å²) >= 11 is 4.69. The molecule has 0 saturated carbocycles. The quantitative estimate of drug-likeness (QED) is 0.364. The number of H-pyrrole nitrogens is 1. The molecular weight excluding hydrogens is 494 g/mol. The standard InChI is InChI=1S/C22H24BrN5O3S/c1-13(2)17-10-15(23)6-9-18(17)25-20(29)12-32-22-26-19(27-28-22)11-24-21(30)14-4-7-16(31-3)8-5-14/h4-10,13H,11-12H2,1-3H3,(H,24,30)(H,25,29)(H,26,27,28). The maximum atomic E-state index is 12.4. The fourth-order valence-corrected chi connectivity index (χ4v) is 3.87. The molecule has 0 atom stereocenters. The molecule has 3 rings (SSSR count). The molecule has 1 aromatic heterocycles. The summed E-state index contributed by atoms with van der Waals surface area (Å²) in [5.41, 5.74) is 2.38. The maximum Gasteiger partial charge on any atom is 0.251 e. The summed E-state index contributed by atoms with van der Waals surface area (Å²) in [7, 11) is 1.57. The van der Waals surface area contributed by atoms with Crippen molar-refractivity contribution in [1.82, 2.24) is 20.5 Å². The number of aromatic amines is 1. The number of hydrogen-bond acceptors (Lipinski definition) is 6. The molecule has 2 amide bonds. The topological polar surface area (TPSA) is 109 Å². The van der Waals surface area contributed by atoms with Crippen LogP contribution in [0.3, 0.4) is 0 Å². The molecule has 0 unspecified atom stereocenters. The molecule has 3 N–H and O–H groups in total. The van der Waals surface area contributed by atoms with E-state index in [0.717, 1.165) is 15.7 Å². The summed E-state index contributed by atoms with van der Waals surface area (Å²) in [4.78, 5) is 28.9. The first-order valence-electron chi connectivity index (χ1n) is 9.91. The third kappa shape index (κ3) is 6.57. The SMILES string of the molecule is COc1ccc(C(=O)NCc2nc(SCC(=O)Nc3ccc(Br)cc3C(C)C)n[nH]2)cc1. The molecule has 32 heavy (non-hydrogen) atoms. The Morgan fingerprint density at radius 2 is 1.94 bits per heavy atom. The van der Waals surface area contributed by atoms with Gasteiger partial charge in [0.05, 0.1) is 19.4 Å². The summed E-state index contributed by atoms with van der Waals surface area (Å²) in [5, 5.41) is 13.0. The molecule has 0 bridgehead atoms. The molecule has 10 heteroatoms. The van der Waals surface area contributed by atoms with Gasteiger partial charge in [-0.25, -0.2) is 4.98 Å². The monoisotopic (exact) mass is 517 g/mol. The van der Waals surface area contributed by atoms with E-state index in [1.54, 1.807) is 31.4 Å². The van der Waals surface area contributed by atoms with Crippen LogP contribution in [-0.4, -0.2) is 39.9 Å². The Bertz CT molecular complexity index is 1090. The van der Waals surface area contributed by atoms with Crippen LogP contribution in [0.5, 0.6) is 5.75 Å². The Balaban J connectivity index is 1.49. The number of rotatable bonds is 9. The van der Waals surface area contributed by atoms with Crippen molar-refractivity contribution >= 4 is 45.2 Å². The van der Waals surface area contributed by atoms with Gasteiger partial charge in [-0.05, 0) is 53.9 Å². The zero-order valence-electron chi connectivity index (χ0n) is 17.9. The van der Waals surface area contributed by atoms with E-state index in [1.165, 1.54) is 11.8 Å². The number of benzene rings is 2. The van der Waals surface area contributed by atoms with Crippen LogP contribution in [0.4, 0.5) is 5.69 Å². The van der Waals surface area contributed by atoms with Gasteiger partial charge in [0.2, 0.25) is 11.1 Å². The highest BCUT2D eigenvalue weighted by Gasteiger charge is 2.13. The number of halogens is 1. The van der Waals surface area contributed by atoms with Crippen molar-refractivity contribution < 1.29 is 14.3 Å². The number of hydrogen-bond donors (Lipinski definition) is 3. The molecule has 2 aromatic carbocycles. The lowest BCUT2D eigenvalue weighted by atomic mass is 10.0. The number of thioether (sulfide) groups is 1. The average Bonchev–Trinajstić information content (AvgIpc) is 3.25. The minimum Gasteiger partial charge on any atom is -0.497 e. The van der Waals surface area contributed by atoms with E-state index in [1.807, 2.05) is 18.2 Å². The van der Waals surface area contributed by atoms with E-state index in [4.69, 9.17) is 4.74 Å². The van der Waals surface area contributed by atoms with E-state index in [-0.39, 0.29) is 30.0 Å². The molecule has 168 valence electrons. The number of carbonyl (C=O) groups excluding carboxylic acids is 2. The lowest BCUT2D eigenvalue weighted by Crippen LogP contribution is -2.23. The number of nitrogens with zero attached hydrogens (tertiary/aromatic N) is 2. The Kier molecular flexibility index (Phi) is 8.29. The second-order valence-electron chi connectivity index (χ2n) is 7.20. The van der Waals surface area contributed by atoms with Crippen LogP contribution in [0.25, 0.3) is 0 Å². The van der Waals surface area contributed by atoms with Gasteiger partial charge in [-0.2, -0.15) is 0 Å². The van der Waals surface area contributed by atoms with Crippen molar-refractivity contribution in [1.29, 1.82) is 0 Å². The van der Waals surface area contributed by atoms with E-state index in [9.17, 15) is 9.59 Å². The maximum absolute atomic E-state index is 12.4. The largest absolute Gasteiger partial charge is 0.497 e. The second kappa shape index (κ2) is 11.1. The van der Waals surface area contributed by atoms with Gasteiger partial charge < -0.3 is 15.4 Å². The Labute approximate surface area is 199 Å². The summed E-state index contributed by atoms with van der Waals surface area (Å²) < 4.78 is 6.06. The first-order valence-corrected chi connectivity index (χ1v) is 11.7. The molecule has 0 radical (unpaired) electrons. The lowest BCUT2D eigenvalue weighted by Gasteiger charge is -2.14. The zero-order valence-corrected chi connectivity index (χ0v) is 20.3. The van der Waals surface area contributed by atoms with Crippen molar-refractivity contribution in [2.75, 3.05) is 18.2 Å². The van der Waals surface area contributed by atoms with Gasteiger partial charge in [0.25, 0.3) is 5.91 Å². The highest BCUT2D eigenvalue weighted by molar-refractivity contribution is 9.10. The van der Waals surface area contributed by atoms with Crippen molar-refractivity contribution in [3.8, 4) is 5.75 Å². The fraction of sp³-hybridized carbons (Fsp3) is 0.273. The minimum atomic E-state index is -0.229. The van der Waals surface area contributed by atoms with E-state index < -0.39 is 0 Å². The highest BCUT2D eigenvalue weighted by atomic mass is 79.9. The summed E-state index contributed by atoms with van der Waals surface area (Å²) in [6.45, 7) is 4.35. The first-order chi connectivity index (χ1) is 15.4. The third-order valence-corrected chi connectivity index (χ3v) is 5.86. The Hall–Kier alpha value is -2.85. The van der Waals surface area contributed by atoms with Gasteiger partial charge >= 0.3 is 0 Å². The van der Waals surface area contributed by atoms with Gasteiger partial charge in [-0.15, -0.1) is 5.10 Å². The Morgan fingerprint density at radius 3 is 2.62 bits per heavy atom. The van der Waals surface area contributed by atoms with Crippen molar-refractivity contribution in [3.63, 3.8) is 0 Å². The average molecular weight is 518 g/mol. The summed E-state index contributed by atoms with van der Waals surface area (Å²) in [6.07, 6.45) is 0. The first kappa shape index (κ1) is 23.8. The molecule has 0 fully saturated rings. The Morgan fingerprint density at radius 1 is 1.19 bits per heavy atom. The summed E-state index contributed by atoms with van der Waals surface area (Å²) in [6, 6.07) is 12.6. The van der Waals surface area contributed by atoms with Crippen LogP contribution in [0, 0.1) is 0 Å². The molecule has 0 spiro atoms. The molecule has 0 aliphatic rings. The van der Waals surface area contributed by atoms with Crippen LogP contribution in [-0.2, 0) is 11.3 Å². The number of amides is 2. The highest BCUT2D eigenvalue weighted by Crippen LogP contribution is 2.28. The predicted molar refractivity (Wildman–Crippen MR) is 128 cm³/mol. The van der Waals surface area contributed by atoms with E-state index >= 15 is 0 Å². The molecule has 1 heterocycles. The van der Waals surface area contributed by atoms with Crippen LogP contribution in [0.1, 0.15) is 41.5 Å². The molecule has 0 saturated heterocycles. The van der Waals surface area contributed by atoms with Crippen LogP contribution >= 0.6 is 27.7 Å². The number of carbonyl (C=O) groups is 2. The van der Waals surface area contributed by atoms with Crippen molar-refractivity contribution in [2.45, 2.75) is 31.5 Å². The number of ether oxygens (including phenoxy) is 1. The summed E-state index contributed by atoms with van der Waals surface area (Å²) in [5.74, 6) is 1.27. The van der Waals surface area contributed by atoms with Gasteiger partial charge in [0.1, 0.15) is 11.6 Å². The molecular formula is C22H24BrN5O3S. The van der Waals surface area contributed by atoms with Crippen LogP contribution in [0.2, 0.25) is 0 Å². The van der Waals surface area contributed by atoms with Crippen LogP contribution < -0.4 is 15.4 Å². The smallest absolute Gasteiger partial charge is 0.251 e. The van der Waals surface area contributed by atoms with Gasteiger partial charge in [-0.1, -0.05) is 41.5 Å². The third-order valence-electron chi connectivity index (χ3n) is 4.52. The van der Waals surface area contributed by atoms with Crippen molar-refractivity contribution in [3.05, 3.63) is 63.9 Å². The lowest BCUT2D eigenvalue weighted by molar-refractivity contribution is -0.113. The van der Waals surface area contributed by atoms with Crippen molar-refractivity contribution in [2.24, 2.45) is 0 Å². The normalized spacial score (nSPS) is 10.8. The molecule has 0 aliphatic heterocycles. The number of nitrogens with one attached hydrogen (secondary N) is 3. The zero-order chi connectivity index (χ0) is 23.1. The number of methoxy groups -OCH3 is 1. The van der Waals surface area contributed by atoms with E-state index in [0.29, 0.717) is 22.3 Å². The second-order valence-corrected chi connectivity index (χ2v) is 9.06. The van der Waals surface area contributed by atoms with E-state index in [2.05, 4.69) is 55.6 Å². The van der Waals surface area contributed by atoms with Crippen LogP contribution in [0.15, 0.2) is 52.1 Å². The number of aromatic nitrogens is 3. The minimum absolute atomic E-state index is 0.140. The van der Waals surface area contributed by atoms with Gasteiger partial charge in [-0.3, -0.25) is 14.7 Å². The van der Waals surface area contributed by atoms with Gasteiger partial charge in [0.15, 0.2) is 0 Å². The molecule has 3 aromatic rings. The number of anilines is 1.